The highest BCUT2D eigenvalue weighted by molar-refractivity contribution is 7.99. The van der Waals surface area contributed by atoms with Crippen LogP contribution in [0.4, 0.5) is 11.4 Å². The Kier molecular flexibility index (Phi) is 6.37. The van der Waals surface area contributed by atoms with Crippen molar-refractivity contribution in [2.75, 3.05) is 0 Å². The Bertz CT molecular complexity index is 1040. The molecule has 4 heteroatoms. The number of hydrogen-bond acceptors (Lipinski definition) is 4. The quantitative estimate of drug-likeness (QED) is 0.431. The van der Waals surface area contributed by atoms with E-state index in [1.165, 1.54) is 0 Å². The van der Waals surface area contributed by atoms with Crippen LogP contribution in [0.3, 0.4) is 0 Å². The molecule has 0 aromatic heterocycles. The molecule has 0 heterocycles. The van der Waals surface area contributed by atoms with Crippen molar-refractivity contribution in [2.45, 2.75) is 62.2 Å². The molecule has 3 aromatic carbocycles. The zero-order chi connectivity index (χ0) is 21.9. The molecule has 0 aliphatic carbocycles. The van der Waals surface area contributed by atoms with Gasteiger partial charge in [0.25, 0.3) is 0 Å². The van der Waals surface area contributed by atoms with E-state index in [4.69, 9.17) is 0 Å². The molecular weight excluding hydrogens is 388 g/mol. The summed E-state index contributed by atoms with van der Waals surface area (Å²) in [6, 6.07) is 22.2. The van der Waals surface area contributed by atoms with Gasteiger partial charge in [-0.3, -0.25) is 0 Å². The predicted octanol–water partition coefficient (Wildman–Crippen LogP) is 8.55. The van der Waals surface area contributed by atoms with Crippen molar-refractivity contribution in [3.8, 4) is 5.75 Å². The topological polar surface area (TPSA) is 45.0 Å². The van der Waals surface area contributed by atoms with Crippen molar-refractivity contribution < 1.29 is 5.11 Å². The van der Waals surface area contributed by atoms with Crippen LogP contribution in [0.5, 0.6) is 5.75 Å². The molecule has 0 atom stereocenters. The highest BCUT2D eigenvalue weighted by Gasteiger charge is 2.25. The van der Waals surface area contributed by atoms with Gasteiger partial charge in [-0.25, -0.2) is 0 Å². The molecule has 0 saturated carbocycles. The van der Waals surface area contributed by atoms with Gasteiger partial charge in [0.15, 0.2) is 0 Å². The first-order chi connectivity index (χ1) is 14.1. The molecule has 0 aliphatic heterocycles. The van der Waals surface area contributed by atoms with Crippen molar-refractivity contribution in [3.63, 3.8) is 0 Å². The van der Waals surface area contributed by atoms with Crippen LogP contribution in [0.1, 0.15) is 52.7 Å². The van der Waals surface area contributed by atoms with Gasteiger partial charge in [0.2, 0.25) is 0 Å². The third-order valence-corrected chi connectivity index (χ3v) is 5.94. The van der Waals surface area contributed by atoms with Gasteiger partial charge in [0, 0.05) is 15.4 Å². The normalized spacial score (nSPS) is 12.5. The lowest BCUT2D eigenvalue weighted by Gasteiger charge is -2.26. The largest absolute Gasteiger partial charge is 0.505 e. The van der Waals surface area contributed by atoms with Gasteiger partial charge >= 0.3 is 0 Å². The fraction of sp³-hybridized carbons (Fsp3) is 0.308. The molecule has 0 amide bonds. The monoisotopic (exact) mass is 418 g/mol. The summed E-state index contributed by atoms with van der Waals surface area (Å²) in [5.41, 5.74) is 3.05. The van der Waals surface area contributed by atoms with Gasteiger partial charge in [0.1, 0.15) is 11.4 Å². The Balaban J connectivity index is 2.03. The predicted molar refractivity (Wildman–Crippen MR) is 127 cm³/mol. The van der Waals surface area contributed by atoms with Gasteiger partial charge in [-0.1, -0.05) is 89.7 Å². The number of hydrogen-bond donors (Lipinski definition) is 1. The van der Waals surface area contributed by atoms with Gasteiger partial charge < -0.3 is 5.11 Å². The summed E-state index contributed by atoms with van der Waals surface area (Å²) < 4.78 is 0. The van der Waals surface area contributed by atoms with Crippen LogP contribution in [0, 0.1) is 0 Å². The van der Waals surface area contributed by atoms with Crippen LogP contribution in [-0.4, -0.2) is 5.11 Å². The molecule has 0 radical (unpaired) electrons. The molecule has 156 valence electrons. The zero-order valence-electron chi connectivity index (χ0n) is 18.6. The number of phenols is 1. The van der Waals surface area contributed by atoms with Gasteiger partial charge in [-0.15, -0.1) is 10.2 Å². The molecule has 3 nitrogen and oxygen atoms in total. The number of nitrogens with zero attached hydrogens (tertiary/aromatic N) is 2. The van der Waals surface area contributed by atoms with E-state index in [0.717, 1.165) is 26.6 Å². The summed E-state index contributed by atoms with van der Waals surface area (Å²) in [5, 5.41) is 20.0. The van der Waals surface area contributed by atoms with E-state index < -0.39 is 0 Å². The van der Waals surface area contributed by atoms with Crippen molar-refractivity contribution >= 4 is 23.1 Å². The van der Waals surface area contributed by atoms with E-state index in [-0.39, 0.29) is 16.6 Å². The first-order valence-electron chi connectivity index (χ1n) is 10.2. The maximum absolute atomic E-state index is 10.9. The van der Waals surface area contributed by atoms with Crippen LogP contribution in [0.15, 0.2) is 86.7 Å². The Morgan fingerprint density at radius 3 is 1.93 bits per heavy atom. The summed E-state index contributed by atoms with van der Waals surface area (Å²) in [6.45, 7) is 12.8. The minimum atomic E-state index is -0.198. The Labute approximate surface area is 184 Å². The lowest BCUT2D eigenvalue weighted by atomic mass is 9.80. The van der Waals surface area contributed by atoms with E-state index in [1.807, 2.05) is 48.5 Å². The molecule has 0 bridgehead atoms. The van der Waals surface area contributed by atoms with Crippen LogP contribution < -0.4 is 0 Å². The molecule has 30 heavy (non-hydrogen) atoms. The second kappa shape index (κ2) is 8.65. The number of rotatable bonds is 4. The average Bonchev–Trinajstić information content (AvgIpc) is 2.67. The summed E-state index contributed by atoms with van der Waals surface area (Å²) in [5.74, 6) is 0.201. The second-order valence-corrected chi connectivity index (χ2v) is 10.6. The van der Waals surface area contributed by atoms with Gasteiger partial charge in [-0.05, 0) is 46.7 Å². The molecule has 1 N–H and O–H groups in total. The van der Waals surface area contributed by atoms with Crippen LogP contribution in [0.2, 0.25) is 0 Å². The van der Waals surface area contributed by atoms with E-state index >= 15 is 0 Å². The Hall–Kier alpha value is -2.59. The smallest absolute Gasteiger partial charge is 0.146 e. The first kappa shape index (κ1) is 22.1. The SMILES string of the molecule is CC(C)(C)c1cc(N=Nc2ccccc2Sc2ccccc2)c(O)c(C(C)(C)C)c1. The van der Waals surface area contributed by atoms with E-state index in [9.17, 15) is 5.11 Å². The Morgan fingerprint density at radius 2 is 1.30 bits per heavy atom. The van der Waals surface area contributed by atoms with E-state index in [0.29, 0.717) is 5.69 Å². The highest BCUT2D eigenvalue weighted by Crippen LogP contribution is 2.43. The average molecular weight is 419 g/mol. The lowest BCUT2D eigenvalue weighted by molar-refractivity contribution is 0.446. The van der Waals surface area contributed by atoms with Gasteiger partial charge in [-0.2, -0.15) is 0 Å². The van der Waals surface area contributed by atoms with Crippen molar-refractivity contribution in [3.05, 3.63) is 77.9 Å². The van der Waals surface area contributed by atoms with Gasteiger partial charge in [0.05, 0.1) is 5.69 Å². The molecule has 0 fully saturated rings. The molecule has 0 saturated heterocycles. The van der Waals surface area contributed by atoms with E-state index in [1.54, 1.807) is 11.8 Å². The number of benzene rings is 3. The maximum atomic E-state index is 10.9. The molecule has 0 aliphatic rings. The lowest BCUT2D eigenvalue weighted by Crippen LogP contribution is -2.16. The van der Waals surface area contributed by atoms with Crippen molar-refractivity contribution in [2.24, 2.45) is 10.2 Å². The highest BCUT2D eigenvalue weighted by atomic mass is 32.2. The summed E-state index contributed by atoms with van der Waals surface area (Å²) in [7, 11) is 0. The minimum Gasteiger partial charge on any atom is -0.505 e. The Morgan fingerprint density at radius 1 is 0.700 bits per heavy atom. The molecule has 3 aromatic rings. The number of aromatic hydroxyl groups is 1. The van der Waals surface area contributed by atoms with Crippen LogP contribution in [-0.2, 0) is 10.8 Å². The zero-order valence-corrected chi connectivity index (χ0v) is 19.4. The minimum absolute atomic E-state index is 0.0565. The second-order valence-electron chi connectivity index (χ2n) is 9.47. The number of azo groups is 1. The molecule has 0 spiro atoms. The molecule has 3 rings (SSSR count). The maximum Gasteiger partial charge on any atom is 0.146 e. The van der Waals surface area contributed by atoms with Crippen molar-refractivity contribution in [1.82, 2.24) is 0 Å². The van der Waals surface area contributed by atoms with E-state index in [2.05, 4.69) is 70.0 Å². The van der Waals surface area contributed by atoms with Crippen LogP contribution >= 0.6 is 11.8 Å². The molecular formula is C26H30N2OS. The van der Waals surface area contributed by atoms with Crippen LogP contribution in [0.25, 0.3) is 0 Å². The standard InChI is InChI=1S/C26H30N2OS/c1-25(2,3)18-16-20(26(4,5)6)24(29)22(17-18)28-27-21-14-10-11-15-23(21)30-19-12-8-7-9-13-19/h7-17,29H,1-6H3. The third kappa shape index (κ3) is 5.31. The first-order valence-corrected chi connectivity index (χ1v) is 11.0. The fourth-order valence-corrected chi connectivity index (χ4v) is 3.96. The summed E-state index contributed by atoms with van der Waals surface area (Å²) in [6.07, 6.45) is 0. The number of phenolic OH excluding ortho intramolecular Hbond substituents is 1. The van der Waals surface area contributed by atoms with Crippen molar-refractivity contribution in [1.29, 1.82) is 0 Å². The summed E-state index contributed by atoms with van der Waals surface area (Å²) in [4.78, 5) is 2.17. The molecule has 0 unspecified atom stereocenters. The fourth-order valence-electron chi connectivity index (χ4n) is 3.05. The summed E-state index contributed by atoms with van der Waals surface area (Å²) >= 11 is 1.65. The third-order valence-electron chi connectivity index (χ3n) is 4.87.